The number of likely N-dealkylation sites (tertiary alicyclic amines) is 1. The van der Waals surface area contributed by atoms with Gasteiger partial charge in [-0.2, -0.15) is 13.2 Å². The summed E-state index contributed by atoms with van der Waals surface area (Å²) in [5.74, 6) is -2.49. The smallest absolute Gasteiger partial charge is 0.433 e. The number of ether oxygens (including phenoxy) is 1. The topological polar surface area (TPSA) is 83.0 Å². The molecule has 0 atom stereocenters. The first-order valence-electron chi connectivity index (χ1n) is 11.7. The summed E-state index contributed by atoms with van der Waals surface area (Å²) < 4.78 is 72.1. The Morgan fingerprint density at radius 3 is 2.13 bits per heavy atom. The summed E-state index contributed by atoms with van der Waals surface area (Å²) in [5, 5.41) is 0. The quantitative estimate of drug-likeness (QED) is 0.399. The summed E-state index contributed by atoms with van der Waals surface area (Å²) in [6.45, 7) is 4.81. The van der Waals surface area contributed by atoms with Gasteiger partial charge in [0.25, 0.3) is 5.91 Å². The molecule has 38 heavy (non-hydrogen) atoms. The molecule has 2 aliphatic rings. The Bertz CT molecular complexity index is 1230. The van der Waals surface area contributed by atoms with Crippen molar-refractivity contribution in [2.45, 2.75) is 57.5 Å². The van der Waals surface area contributed by atoms with E-state index < -0.39 is 52.7 Å². The zero-order chi connectivity index (χ0) is 28.0. The largest absolute Gasteiger partial charge is 0.444 e. The van der Waals surface area contributed by atoms with Crippen LogP contribution in [0.1, 0.15) is 44.9 Å². The summed E-state index contributed by atoms with van der Waals surface area (Å²) in [4.78, 5) is 46.4. The molecular weight excluding hydrogens is 515 g/mol. The van der Waals surface area contributed by atoms with Gasteiger partial charge in [-0.15, -0.1) is 0 Å². The Morgan fingerprint density at radius 1 is 1.03 bits per heavy atom. The molecule has 8 nitrogen and oxygen atoms in total. The van der Waals surface area contributed by atoms with Crippen molar-refractivity contribution in [2.24, 2.45) is 0 Å². The van der Waals surface area contributed by atoms with E-state index in [1.165, 1.54) is 4.90 Å². The molecule has 0 aliphatic carbocycles. The van der Waals surface area contributed by atoms with Gasteiger partial charge in [0.05, 0.1) is 11.9 Å². The van der Waals surface area contributed by atoms with Crippen molar-refractivity contribution >= 4 is 23.7 Å². The van der Waals surface area contributed by atoms with E-state index in [9.17, 15) is 36.3 Å². The fourth-order valence-electron chi connectivity index (χ4n) is 4.60. The molecule has 0 N–H and O–H groups in total. The standard InChI is InChI=1S/C25H25F5N4O4/c1-23(2,3)38-22(37)32-8-6-24(7-9-32)20(35)34(18-4-5-19(31-13-18)25(28,29)30)21(36)33(24)14-15-10-16(26)12-17(27)11-15/h4-5,10-13H,6-9,14H2,1-3H3. The van der Waals surface area contributed by atoms with Crippen LogP contribution in [0.4, 0.5) is 37.2 Å². The highest BCUT2D eigenvalue weighted by Crippen LogP contribution is 2.41. The van der Waals surface area contributed by atoms with Gasteiger partial charge in [0.15, 0.2) is 0 Å². The summed E-state index contributed by atoms with van der Waals surface area (Å²) in [7, 11) is 0. The number of hydrogen-bond donors (Lipinski definition) is 0. The molecule has 0 radical (unpaired) electrons. The fourth-order valence-corrected chi connectivity index (χ4v) is 4.60. The number of carbonyl (C=O) groups excluding carboxylic acids is 3. The van der Waals surface area contributed by atoms with Crippen LogP contribution in [-0.2, 0) is 22.3 Å². The van der Waals surface area contributed by atoms with Crippen LogP contribution in [0.2, 0.25) is 0 Å². The van der Waals surface area contributed by atoms with E-state index in [0.29, 0.717) is 17.0 Å². The number of nitrogens with zero attached hydrogens (tertiary/aromatic N) is 4. The molecular formula is C25H25F5N4O4. The van der Waals surface area contributed by atoms with Crippen LogP contribution in [0.15, 0.2) is 36.5 Å². The minimum absolute atomic E-state index is 0.0286. The number of imide groups is 1. The van der Waals surface area contributed by atoms with Crippen molar-refractivity contribution in [2.75, 3.05) is 18.0 Å². The average molecular weight is 540 g/mol. The predicted molar refractivity (Wildman–Crippen MR) is 124 cm³/mol. The highest BCUT2D eigenvalue weighted by atomic mass is 19.4. The summed E-state index contributed by atoms with van der Waals surface area (Å²) >= 11 is 0. The first-order valence-corrected chi connectivity index (χ1v) is 11.7. The predicted octanol–water partition coefficient (Wildman–Crippen LogP) is 5.12. The van der Waals surface area contributed by atoms with Crippen LogP contribution >= 0.6 is 0 Å². The van der Waals surface area contributed by atoms with Gasteiger partial charge in [0.2, 0.25) is 0 Å². The lowest BCUT2D eigenvalue weighted by molar-refractivity contribution is -0.141. The van der Waals surface area contributed by atoms with Crippen LogP contribution in [0.3, 0.4) is 0 Å². The van der Waals surface area contributed by atoms with Gasteiger partial charge in [-0.1, -0.05) is 0 Å². The monoisotopic (exact) mass is 540 g/mol. The number of benzene rings is 1. The number of piperidine rings is 1. The molecule has 2 aromatic rings. The molecule has 1 aromatic heterocycles. The maximum absolute atomic E-state index is 13.9. The first kappa shape index (κ1) is 27.3. The number of amides is 4. The maximum atomic E-state index is 13.9. The van der Waals surface area contributed by atoms with Gasteiger partial charge in [0, 0.05) is 25.7 Å². The zero-order valence-corrected chi connectivity index (χ0v) is 20.8. The van der Waals surface area contributed by atoms with Gasteiger partial charge in [-0.05, 0) is 63.4 Å². The Hall–Kier alpha value is -3.77. The van der Waals surface area contributed by atoms with Crippen molar-refractivity contribution in [1.82, 2.24) is 14.8 Å². The number of rotatable bonds is 3. The van der Waals surface area contributed by atoms with E-state index in [1.54, 1.807) is 20.8 Å². The Labute approximate surface area is 215 Å². The minimum Gasteiger partial charge on any atom is -0.444 e. The Kier molecular flexibility index (Phi) is 6.83. The molecule has 2 saturated heterocycles. The van der Waals surface area contributed by atoms with E-state index in [0.717, 1.165) is 29.3 Å². The molecule has 1 spiro atoms. The second kappa shape index (κ2) is 9.52. The summed E-state index contributed by atoms with van der Waals surface area (Å²) in [6.07, 6.45) is -4.61. The zero-order valence-electron chi connectivity index (χ0n) is 20.8. The fraction of sp³-hybridized carbons (Fsp3) is 0.440. The van der Waals surface area contributed by atoms with Crippen LogP contribution in [0.5, 0.6) is 0 Å². The van der Waals surface area contributed by atoms with E-state index in [1.807, 2.05) is 0 Å². The second-order valence-electron chi connectivity index (χ2n) is 10.2. The third-order valence-corrected chi connectivity index (χ3v) is 6.34. The van der Waals surface area contributed by atoms with E-state index in [4.69, 9.17) is 4.74 Å². The first-order chi connectivity index (χ1) is 17.6. The Balaban J connectivity index is 1.67. The minimum atomic E-state index is -4.72. The molecule has 0 saturated carbocycles. The van der Waals surface area contributed by atoms with Gasteiger partial charge in [-0.3, -0.25) is 4.79 Å². The van der Waals surface area contributed by atoms with Crippen molar-refractivity contribution in [3.63, 3.8) is 0 Å². The summed E-state index contributed by atoms with van der Waals surface area (Å²) in [5.41, 5.74) is -3.58. The number of halogens is 5. The lowest BCUT2D eigenvalue weighted by Gasteiger charge is -2.42. The van der Waals surface area contributed by atoms with Crippen LogP contribution < -0.4 is 4.90 Å². The normalized spacial score (nSPS) is 17.9. The molecule has 0 unspecified atom stereocenters. The lowest BCUT2D eigenvalue weighted by atomic mass is 9.85. The van der Waals surface area contributed by atoms with Crippen molar-refractivity contribution in [3.05, 3.63) is 59.4 Å². The average Bonchev–Trinajstić information content (AvgIpc) is 2.98. The number of carbonyl (C=O) groups is 3. The van der Waals surface area contributed by atoms with Gasteiger partial charge < -0.3 is 14.5 Å². The van der Waals surface area contributed by atoms with Gasteiger partial charge in [-0.25, -0.2) is 28.3 Å². The number of hydrogen-bond acceptors (Lipinski definition) is 5. The van der Waals surface area contributed by atoms with Crippen LogP contribution in [-0.4, -0.2) is 57.0 Å². The molecule has 4 rings (SSSR count). The third kappa shape index (κ3) is 5.27. The van der Waals surface area contributed by atoms with Crippen molar-refractivity contribution < 1.29 is 41.1 Å². The number of alkyl halides is 3. The Morgan fingerprint density at radius 2 is 1.63 bits per heavy atom. The van der Waals surface area contributed by atoms with Gasteiger partial charge in [0.1, 0.15) is 28.5 Å². The molecule has 4 amide bonds. The van der Waals surface area contributed by atoms with Gasteiger partial charge >= 0.3 is 18.3 Å². The van der Waals surface area contributed by atoms with E-state index in [-0.39, 0.29) is 43.7 Å². The molecule has 13 heteroatoms. The molecule has 0 bridgehead atoms. The molecule has 1 aromatic carbocycles. The van der Waals surface area contributed by atoms with Crippen molar-refractivity contribution in [3.8, 4) is 0 Å². The van der Waals surface area contributed by atoms with Crippen molar-refractivity contribution in [1.29, 1.82) is 0 Å². The number of aromatic nitrogens is 1. The van der Waals surface area contributed by atoms with E-state index in [2.05, 4.69) is 4.98 Å². The SMILES string of the molecule is CC(C)(C)OC(=O)N1CCC2(CC1)C(=O)N(c1ccc(C(F)(F)F)nc1)C(=O)N2Cc1cc(F)cc(F)c1. The number of anilines is 1. The van der Waals surface area contributed by atoms with Crippen LogP contribution in [0, 0.1) is 11.6 Å². The van der Waals surface area contributed by atoms with E-state index >= 15 is 0 Å². The second-order valence-corrected chi connectivity index (χ2v) is 10.2. The maximum Gasteiger partial charge on any atom is 0.433 e. The third-order valence-electron chi connectivity index (χ3n) is 6.34. The molecule has 3 heterocycles. The molecule has 204 valence electrons. The highest BCUT2D eigenvalue weighted by molar-refractivity contribution is 6.23. The number of urea groups is 1. The molecule has 2 aliphatic heterocycles. The number of pyridine rings is 1. The highest BCUT2D eigenvalue weighted by Gasteiger charge is 2.59. The van der Waals surface area contributed by atoms with Crippen LogP contribution in [0.25, 0.3) is 0 Å². The molecule has 2 fully saturated rings. The lowest BCUT2D eigenvalue weighted by Crippen LogP contribution is -2.57. The summed E-state index contributed by atoms with van der Waals surface area (Å²) in [6, 6.07) is 3.43.